The summed E-state index contributed by atoms with van der Waals surface area (Å²) in [4.78, 5) is 60.0. The van der Waals surface area contributed by atoms with Gasteiger partial charge in [0.05, 0.1) is 29.7 Å². The van der Waals surface area contributed by atoms with Crippen LogP contribution in [0.4, 0.5) is 0 Å². The second kappa shape index (κ2) is 16.6. The van der Waals surface area contributed by atoms with E-state index in [0.717, 1.165) is 22.3 Å². The van der Waals surface area contributed by atoms with Gasteiger partial charge < -0.3 is 23.9 Å². The topological polar surface area (TPSA) is 239 Å². The molecule has 0 saturated heterocycles. The Morgan fingerprint density at radius 1 is 0.961 bits per heavy atom. The number of H-pyrrole nitrogens is 1. The predicted molar refractivity (Wildman–Crippen MR) is 175 cm³/mol. The van der Waals surface area contributed by atoms with Crippen molar-refractivity contribution >= 4 is 23.0 Å². The van der Waals surface area contributed by atoms with Crippen LogP contribution in [-0.4, -0.2) is 77.9 Å². The SMILES string of the molecule is CCOc1nc2cccc(C(=O)OC(C)OC(=O)CCC[C@@H](CO[N+](=O)[O-])O[N+](=O)[O-])c2n1Cc1ccc(-c2ccccc2-c2nn[nH]n2)cc1. The Hall–Kier alpha value is -6.66. The number of imidazole rings is 1. The number of benzene rings is 3. The van der Waals surface area contributed by atoms with Crippen molar-refractivity contribution in [2.75, 3.05) is 13.2 Å². The quantitative estimate of drug-likeness (QED) is 0.0578. The normalized spacial score (nSPS) is 12.1. The number of hydrogen-bond donors (Lipinski definition) is 1. The predicted octanol–water partition coefficient (Wildman–Crippen LogP) is 4.33. The third-order valence-corrected chi connectivity index (χ3v) is 7.42. The summed E-state index contributed by atoms with van der Waals surface area (Å²) in [5.41, 5.74) is 4.64. The standard InChI is InChI=1S/C32H32N8O11/c1-3-47-32-33-27-12-7-11-26(31(42)50-20(2)49-28(41)13-6-8-23(51-40(45)46)19-48-39(43)44)29(27)38(32)18-21-14-16-22(17-15-21)24-9-4-5-10-25(24)30-34-36-37-35-30/h4-5,7,9-12,14-17,20,23H,3,6,8,13,18-19H2,1-2H3,(H,34,35,36,37)/t20?,23-/m0/s1. The molecule has 0 radical (unpaired) electrons. The summed E-state index contributed by atoms with van der Waals surface area (Å²) >= 11 is 0. The number of tetrazole rings is 1. The first-order chi connectivity index (χ1) is 24.6. The summed E-state index contributed by atoms with van der Waals surface area (Å²) in [5, 5.41) is 33.2. The number of fused-ring (bicyclic) bond motifs is 1. The molecule has 0 aliphatic carbocycles. The second-order valence-corrected chi connectivity index (χ2v) is 10.9. The van der Waals surface area contributed by atoms with Crippen molar-refractivity contribution in [3.63, 3.8) is 0 Å². The number of para-hydroxylation sites is 1. The van der Waals surface area contributed by atoms with Crippen LogP contribution in [0.1, 0.15) is 49.0 Å². The van der Waals surface area contributed by atoms with Crippen LogP contribution in [0.5, 0.6) is 6.01 Å². The minimum absolute atomic E-state index is 0.0179. The first-order valence-electron chi connectivity index (χ1n) is 15.7. The molecule has 0 saturated carbocycles. The number of nitrogens with one attached hydrogen (secondary N) is 1. The van der Waals surface area contributed by atoms with Crippen molar-refractivity contribution in [2.45, 2.75) is 52.0 Å². The lowest BCUT2D eigenvalue weighted by molar-refractivity contribution is -0.790. The van der Waals surface area contributed by atoms with E-state index in [1.807, 2.05) is 55.5 Å². The van der Waals surface area contributed by atoms with Gasteiger partial charge in [-0.1, -0.05) is 54.6 Å². The molecule has 2 atom stereocenters. The van der Waals surface area contributed by atoms with Crippen molar-refractivity contribution in [3.8, 4) is 28.5 Å². The first-order valence-corrected chi connectivity index (χ1v) is 15.7. The molecule has 1 N–H and O–H groups in total. The van der Waals surface area contributed by atoms with Gasteiger partial charge in [0.2, 0.25) is 12.1 Å². The smallest absolute Gasteiger partial charge is 0.343 e. The molecule has 5 rings (SSSR count). The molecule has 19 nitrogen and oxygen atoms in total. The third kappa shape index (κ3) is 9.28. The van der Waals surface area contributed by atoms with Gasteiger partial charge in [-0.05, 0) is 53.8 Å². The highest BCUT2D eigenvalue weighted by atomic mass is 17.0. The van der Waals surface area contributed by atoms with Crippen molar-refractivity contribution in [1.29, 1.82) is 0 Å². The molecule has 5 aromatic rings. The summed E-state index contributed by atoms with van der Waals surface area (Å²) in [6, 6.07) is 20.8. The molecule has 0 fully saturated rings. The van der Waals surface area contributed by atoms with Gasteiger partial charge in [-0.15, -0.1) is 30.4 Å². The van der Waals surface area contributed by atoms with Crippen molar-refractivity contribution in [2.24, 2.45) is 0 Å². The van der Waals surface area contributed by atoms with E-state index in [1.165, 1.54) is 6.92 Å². The second-order valence-electron chi connectivity index (χ2n) is 10.9. The molecular formula is C32H32N8O11. The zero-order chi connectivity index (χ0) is 36.3. The Morgan fingerprint density at radius 3 is 2.41 bits per heavy atom. The molecule has 0 spiro atoms. The highest BCUT2D eigenvalue weighted by Crippen LogP contribution is 2.31. The molecule has 2 heterocycles. The van der Waals surface area contributed by atoms with E-state index in [2.05, 4.69) is 35.3 Å². The summed E-state index contributed by atoms with van der Waals surface area (Å²) < 4.78 is 18.3. The minimum Gasteiger partial charge on any atom is -0.465 e. The largest absolute Gasteiger partial charge is 0.465 e. The maximum absolute atomic E-state index is 13.4. The molecule has 266 valence electrons. The summed E-state index contributed by atoms with van der Waals surface area (Å²) in [7, 11) is 0. The monoisotopic (exact) mass is 704 g/mol. The Bertz CT molecular complexity index is 1980. The van der Waals surface area contributed by atoms with Crippen LogP contribution < -0.4 is 4.74 Å². The zero-order valence-corrected chi connectivity index (χ0v) is 27.4. The van der Waals surface area contributed by atoms with E-state index in [1.54, 1.807) is 22.8 Å². The molecule has 0 bridgehead atoms. The molecule has 3 aromatic carbocycles. The van der Waals surface area contributed by atoms with E-state index < -0.39 is 41.1 Å². The van der Waals surface area contributed by atoms with E-state index in [-0.39, 0.29) is 24.8 Å². The average Bonchev–Trinajstić information content (AvgIpc) is 3.76. The van der Waals surface area contributed by atoms with Crippen LogP contribution >= 0.6 is 0 Å². The molecule has 0 aliphatic rings. The van der Waals surface area contributed by atoms with Crippen molar-refractivity contribution in [1.82, 2.24) is 30.2 Å². The Kier molecular flexibility index (Phi) is 11.6. The summed E-state index contributed by atoms with van der Waals surface area (Å²) in [6.45, 7) is 3.11. The van der Waals surface area contributed by atoms with Crippen molar-refractivity contribution in [3.05, 3.63) is 98.1 Å². The number of carbonyl (C=O) groups excluding carboxylic acids is 2. The fraction of sp³-hybridized carbons (Fsp3) is 0.312. The van der Waals surface area contributed by atoms with Gasteiger partial charge in [0.1, 0.15) is 12.7 Å². The maximum atomic E-state index is 13.4. The average molecular weight is 705 g/mol. The molecule has 19 heteroatoms. The number of aromatic nitrogens is 6. The number of rotatable bonds is 18. The lowest BCUT2D eigenvalue weighted by Gasteiger charge is -2.16. The Labute approximate surface area is 288 Å². The van der Waals surface area contributed by atoms with E-state index >= 15 is 0 Å². The zero-order valence-electron chi connectivity index (χ0n) is 27.4. The van der Waals surface area contributed by atoms with E-state index in [9.17, 15) is 29.8 Å². The van der Waals surface area contributed by atoms with E-state index in [4.69, 9.17) is 14.2 Å². The van der Waals surface area contributed by atoms with Gasteiger partial charge in [-0.3, -0.25) is 9.36 Å². The molecule has 1 unspecified atom stereocenters. The number of ether oxygens (including phenoxy) is 3. The van der Waals surface area contributed by atoms with Gasteiger partial charge in [-0.25, -0.2) is 4.79 Å². The number of aromatic amines is 1. The Balaban J connectivity index is 1.27. The van der Waals surface area contributed by atoms with Gasteiger partial charge >= 0.3 is 11.9 Å². The van der Waals surface area contributed by atoms with Crippen molar-refractivity contribution < 1.29 is 43.6 Å². The van der Waals surface area contributed by atoms with Gasteiger partial charge in [0.15, 0.2) is 0 Å². The molecular weight excluding hydrogens is 672 g/mol. The van der Waals surface area contributed by atoms with Gasteiger partial charge in [-0.2, -0.15) is 10.2 Å². The fourth-order valence-electron chi connectivity index (χ4n) is 5.28. The Morgan fingerprint density at radius 2 is 1.73 bits per heavy atom. The minimum atomic E-state index is -1.30. The first kappa shape index (κ1) is 35.6. The number of esters is 2. The molecule has 2 aromatic heterocycles. The lowest BCUT2D eigenvalue weighted by Crippen LogP contribution is -2.25. The maximum Gasteiger partial charge on any atom is 0.343 e. The van der Waals surface area contributed by atoms with Crippen LogP contribution in [0.2, 0.25) is 0 Å². The molecule has 51 heavy (non-hydrogen) atoms. The summed E-state index contributed by atoms with van der Waals surface area (Å²) in [6.07, 6.45) is -2.89. The molecule has 0 aliphatic heterocycles. The van der Waals surface area contributed by atoms with Gasteiger partial charge in [0, 0.05) is 18.9 Å². The lowest BCUT2D eigenvalue weighted by atomic mass is 9.98. The fourth-order valence-corrected chi connectivity index (χ4v) is 5.28. The van der Waals surface area contributed by atoms with Crippen LogP contribution in [0.25, 0.3) is 33.5 Å². The van der Waals surface area contributed by atoms with Crippen LogP contribution in [0, 0.1) is 20.2 Å². The summed E-state index contributed by atoms with van der Waals surface area (Å²) in [5.74, 6) is -1.08. The van der Waals surface area contributed by atoms with E-state index in [0.29, 0.717) is 36.0 Å². The van der Waals surface area contributed by atoms with Crippen LogP contribution in [-0.2, 0) is 30.5 Å². The highest BCUT2D eigenvalue weighted by Gasteiger charge is 2.24. The number of carbonyl (C=O) groups is 2. The highest BCUT2D eigenvalue weighted by molar-refractivity contribution is 6.02. The number of hydrogen-bond acceptors (Lipinski definition) is 15. The third-order valence-electron chi connectivity index (χ3n) is 7.42. The number of nitrogens with zero attached hydrogens (tertiary/aromatic N) is 7. The van der Waals surface area contributed by atoms with Crippen LogP contribution in [0.15, 0.2) is 66.7 Å². The van der Waals surface area contributed by atoms with Crippen LogP contribution in [0.3, 0.4) is 0 Å². The molecule has 0 amide bonds. The van der Waals surface area contributed by atoms with Gasteiger partial charge in [0.25, 0.3) is 16.2 Å².